The molecule has 0 radical (unpaired) electrons. The van der Waals surface area contributed by atoms with Gasteiger partial charge < -0.3 is 15.7 Å². The molecule has 0 heterocycles. The van der Waals surface area contributed by atoms with E-state index >= 15 is 0 Å². The van der Waals surface area contributed by atoms with Gasteiger partial charge in [-0.15, -0.1) is 0 Å². The predicted molar refractivity (Wildman–Crippen MR) is 65.6 cm³/mol. The van der Waals surface area contributed by atoms with Gasteiger partial charge in [0, 0.05) is 13.6 Å². The lowest BCUT2D eigenvalue weighted by molar-refractivity contribution is -0.121. The van der Waals surface area contributed by atoms with Crippen LogP contribution in [0.25, 0.3) is 0 Å². The highest BCUT2D eigenvalue weighted by atomic mass is 16.3. The molecule has 2 atom stereocenters. The molecule has 4 N–H and O–H groups in total. The highest BCUT2D eigenvalue weighted by Crippen LogP contribution is 2.10. The number of hydrogen-bond acceptors (Lipinski definition) is 4. The minimum atomic E-state index is -0.837. The van der Waals surface area contributed by atoms with Crippen LogP contribution >= 0.6 is 0 Å². The number of aliphatic hydroxyl groups is 1. The average molecular weight is 245 g/mol. The van der Waals surface area contributed by atoms with E-state index in [0.29, 0.717) is 13.0 Å². The predicted octanol–water partition coefficient (Wildman–Crippen LogP) is -0.0288. The first kappa shape index (κ1) is 15.9. The molecule has 6 heteroatoms. The van der Waals surface area contributed by atoms with Crippen molar-refractivity contribution in [2.75, 3.05) is 13.6 Å². The lowest BCUT2D eigenvalue weighted by Crippen LogP contribution is -2.50. The average Bonchev–Trinajstić information content (AvgIpc) is 2.25. The fourth-order valence-electron chi connectivity index (χ4n) is 1.38. The summed E-state index contributed by atoms with van der Waals surface area (Å²) in [7, 11) is 1.44. The van der Waals surface area contributed by atoms with Crippen LogP contribution in [0.3, 0.4) is 0 Å². The molecule has 0 aliphatic carbocycles. The molecule has 0 saturated heterocycles. The molecule has 0 aromatic heterocycles. The Morgan fingerprint density at radius 2 is 2.00 bits per heavy atom. The van der Waals surface area contributed by atoms with Crippen LogP contribution in [0.15, 0.2) is 0 Å². The molecular formula is C11H23N3O3. The SMILES string of the molecule is CCCC(C)(O)CNC(C)C(=O)NC(=O)NC. The number of hydrogen-bond donors (Lipinski definition) is 4. The largest absolute Gasteiger partial charge is 0.389 e. The third-order valence-corrected chi connectivity index (χ3v) is 2.43. The van der Waals surface area contributed by atoms with E-state index in [1.54, 1.807) is 13.8 Å². The van der Waals surface area contributed by atoms with Crippen molar-refractivity contribution in [2.45, 2.75) is 45.3 Å². The minimum absolute atomic E-state index is 0.309. The van der Waals surface area contributed by atoms with E-state index in [9.17, 15) is 14.7 Å². The van der Waals surface area contributed by atoms with Gasteiger partial charge in [-0.1, -0.05) is 13.3 Å². The topological polar surface area (TPSA) is 90.5 Å². The molecule has 0 aromatic rings. The molecule has 2 unspecified atom stereocenters. The molecule has 0 fully saturated rings. The molecule has 0 saturated carbocycles. The first-order valence-corrected chi connectivity index (χ1v) is 5.80. The van der Waals surface area contributed by atoms with Gasteiger partial charge in [0.25, 0.3) is 0 Å². The minimum Gasteiger partial charge on any atom is -0.389 e. The van der Waals surface area contributed by atoms with Gasteiger partial charge in [-0.05, 0) is 20.3 Å². The van der Waals surface area contributed by atoms with Crippen LogP contribution in [0.5, 0.6) is 0 Å². The first-order chi connectivity index (χ1) is 7.82. The standard InChI is InChI=1S/C11H23N3O3/c1-5-6-11(3,17)7-13-8(2)9(15)14-10(16)12-4/h8,13,17H,5-7H2,1-4H3,(H2,12,14,15,16). The van der Waals surface area contributed by atoms with Crippen LogP contribution in [0, 0.1) is 0 Å². The third kappa shape index (κ3) is 6.91. The van der Waals surface area contributed by atoms with Crippen molar-refractivity contribution in [3.8, 4) is 0 Å². The number of carbonyl (C=O) groups is 2. The normalized spacial score (nSPS) is 15.8. The van der Waals surface area contributed by atoms with Crippen molar-refractivity contribution in [3.63, 3.8) is 0 Å². The van der Waals surface area contributed by atoms with Crippen molar-refractivity contribution >= 4 is 11.9 Å². The summed E-state index contributed by atoms with van der Waals surface area (Å²) in [4.78, 5) is 22.4. The second-order valence-corrected chi connectivity index (χ2v) is 4.42. The molecule has 0 aromatic carbocycles. The number of carbonyl (C=O) groups excluding carboxylic acids is 2. The molecule has 0 bridgehead atoms. The molecular weight excluding hydrogens is 222 g/mol. The van der Waals surface area contributed by atoms with Crippen LogP contribution < -0.4 is 16.0 Å². The quantitative estimate of drug-likeness (QED) is 0.529. The van der Waals surface area contributed by atoms with Crippen molar-refractivity contribution in [2.24, 2.45) is 0 Å². The fourth-order valence-corrected chi connectivity index (χ4v) is 1.38. The van der Waals surface area contributed by atoms with Gasteiger partial charge in [-0.3, -0.25) is 10.1 Å². The Morgan fingerprint density at radius 3 is 2.47 bits per heavy atom. The van der Waals surface area contributed by atoms with Gasteiger partial charge in [0.15, 0.2) is 0 Å². The highest BCUT2D eigenvalue weighted by Gasteiger charge is 2.22. The Labute approximate surface area is 102 Å². The zero-order chi connectivity index (χ0) is 13.5. The van der Waals surface area contributed by atoms with E-state index in [0.717, 1.165) is 6.42 Å². The number of amides is 3. The highest BCUT2D eigenvalue weighted by molar-refractivity contribution is 5.96. The maximum atomic E-state index is 11.5. The lowest BCUT2D eigenvalue weighted by Gasteiger charge is -2.25. The summed E-state index contributed by atoms with van der Waals surface area (Å²) >= 11 is 0. The van der Waals surface area contributed by atoms with Crippen LogP contribution in [-0.4, -0.2) is 42.3 Å². The molecule has 3 amide bonds. The smallest absolute Gasteiger partial charge is 0.321 e. The zero-order valence-electron chi connectivity index (χ0n) is 11.0. The second kappa shape index (κ2) is 7.24. The maximum absolute atomic E-state index is 11.5. The van der Waals surface area contributed by atoms with E-state index in [1.165, 1.54) is 7.05 Å². The molecule has 0 aliphatic rings. The summed E-state index contributed by atoms with van der Waals surface area (Å²) in [6.07, 6.45) is 1.53. The Morgan fingerprint density at radius 1 is 1.41 bits per heavy atom. The molecule has 100 valence electrons. The summed E-state index contributed by atoms with van der Waals surface area (Å²) in [5.74, 6) is -0.420. The first-order valence-electron chi connectivity index (χ1n) is 5.80. The van der Waals surface area contributed by atoms with E-state index in [1.807, 2.05) is 6.92 Å². The van der Waals surface area contributed by atoms with Gasteiger partial charge in [0.2, 0.25) is 5.91 Å². The van der Waals surface area contributed by atoms with Crippen LogP contribution in [0.4, 0.5) is 4.79 Å². The van der Waals surface area contributed by atoms with E-state index < -0.39 is 23.6 Å². The summed E-state index contributed by atoms with van der Waals surface area (Å²) < 4.78 is 0. The maximum Gasteiger partial charge on any atom is 0.321 e. The molecule has 6 nitrogen and oxygen atoms in total. The number of rotatable bonds is 6. The number of imide groups is 1. The van der Waals surface area contributed by atoms with Crippen molar-refractivity contribution in [3.05, 3.63) is 0 Å². The van der Waals surface area contributed by atoms with Crippen molar-refractivity contribution < 1.29 is 14.7 Å². The van der Waals surface area contributed by atoms with Gasteiger partial charge in [-0.2, -0.15) is 0 Å². The van der Waals surface area contributed by atoms with Crippen molar-refractivity contribution in [1.82, 2.24) is 16.0 Å². The summed E-state index contributed by atoms with van der Waals surface area (Å²) in [6.45, 7) is 5.65. The second-order valence-electron chi connectivity index (χ2n) is 4.42. The summed E-state index contributed by atoms with van der Waals surface area (Å²) in [5.41, 5.74) is -0.837. The van der Waals surface area contributed by atoms with Crippen LogP contribution in [0.2, 0.25) is 0 Å². The Bertz CT molecular complexity index is 267. The van der Waals surface area contributed by atoms with E-state index in [2.05, 4.69) is 16.0 Å². The third-order valence-electron chi connectivity index (χ3n) is 2.43. The molecule has 0 aliphatic heterocycles. The van der Waals surface area contributed by atoms with Gasteiger partial charge >= 0.3 is 6.03 Å². The zero-order valence-corrected chi connectivity index (χ0v) is 11.0. The Kier molecular flexibility index (Phi) is 6.75. The van der Waals surface area contributed by atoms with Crippen LogP contribution in [-0.2, 0) is 4.79 Å². The Hall–Kier alpha value is -1.14. The van der Waals surface area contributed by atoms with E-state index in [-0.39, 0.29) is 0 Å². The van der Waals surface area contributed by atoms with Crippen LogP contribution in [0.1, 0.15) is 33.6 Å². The lowest BCUT2D eigenvalue weighted by atomic mass is 10.0. The summed E-state index contributed by atoms with van der Waals surface area (Å²) in [6, 6.07) is -1.07. The molecule has 0 spiro atoms. The summed E-state index contributed by atoms with van der Waals surface area (Å²) in [5, 5.41) is 17.3. The van der Waals surface area contributed by atoms with Crippen molar-refractivity contribution in [1.29, 1.82) is 0 Å². The van der Waals surface area contributed by atoms with Gasteiger partial charge in [0.1, 0.15) is 0 Å². The van der Waals surface area contributed by atoms with E-state index in [4.69, 9.17) is 0 Å². The number of nitrogens with one attached hydrogen (secondary N) is 3. The molecule has 17 heavy (non-hydrogen) atoms. The fraction of sp³-hybridized carbons (Fsp3) is 0.818. The number of urea groups is 1. The molecule has 0 rings (SSSR count). The monoisotopic (exact) mass is 245 g/mol. The van der Waals surface area contributed by atoms with Gasteiger partial charge in [0.05, 0.1) is 11.6 Å². The van der Waals surface area contributed by atoms with Gasteiger partial charge in [-0.25, -0.2) is 4.79 Å². The Balaban J connectivity index is 4.04.